The lowest BCUT2D eigenvalue weighted by molar-refractivity contribution is -0.115. The van der Waals surface area contributed by atoms with E-state index in [9.17, 15) is 4.79 Å². The van der Waals surface area contributed by atoms with Crippen molar-refractivity contribution in [3.63, 3.8) is 0 Å². The summed E-state index contributed by atoms with van der Waals surface area (Å²) < 4.78 is 0. The van der Waals surface area contributed by atoms with Crippen molar-refractivity contribution < 1.29 is 4.79 Å². The molecule has 112 valence electrons. The topological polar surface area (TPSA) is 41.1 Å². The van der Waals surface area contributed by atoms with Gasteiger partial charge in [-0.05, 0) is 54.3 Å². The summed E-state index contributed by atoms with van der Waals surface area (Å²) >= 11 is 0. The number of carbonyl (C=O) groups excluding carboxylic acids is 1. The van der Waals surface area contributed by atoms with Crippen LogP contribution < -0.4 is 10.6 Å². The van der Waals surface area contributed by atoms with Crippen LogP contribution >= 0.6 is 0 Å². The molecule has 3 atom stereocenters. The Bertz CT molecular complexity index is 556. The predicted octanol–water partition coefficient (Wildman–Crippen LogP) is 3.27. The summed E-state index contributed by atoms with van der Waals surface area (Å²) in [5.41, 5.74) is 3.56. The van der Waals surface area contributed by atoms with Gasteiger partial charge in [0, 0.05) is 11.7 Å². The van der Waals surface area contributed by atoms with E-state index in [1.807, 2.05) is 0 Å². The van der Waals surface area contributed by atoms with Gasteiger partial charge < -0.3 is 10.6 Å². The Kier molecular flexibility index (Phi) is 3.26. The normalized spacial score (nSPS) is 31.3. The molecule has 4 rings (SSSR count). The van der Waals surface area contributed by atoms with E-state index in [1.165, 1.54) is 36.8 Å². The van der Waals surface area contributed by atoms with E-state index >= 15 is 0 Å². The molecule has 2 fully saturated rings. The van der Waals surface area contributed by atoms with Crippen LogP contribution in [0, 0.1) is 17.8 Å². The SMILES string of the molecule is CCNC(c1ccc2c(c1)CC(=O)N2)C1C2CCCCC21. The average Bonchev–Trinajstić information content (AvgIpc) is 3.08. The van der Waals surface area contributed by atoms with Crippen molar-refractivity contribution >= 4 is 11.6 Å². The van der Waals surface area contributed by atoms with Crippen molar-refractivity contribution in [3.05, 3.63) is 29.3 Å². The van der Waals surface area contributed by atoms with Gasteiger partial charge in [0.15, 0.2) is 0 Å². The minimum Gasteiger partial charge on any atom is -0.326 e. The zero-order chi connectivity index (χ0) is 14.4. The summed E-state index contributed by atoms with van der Waals surface area (Å²) in [6, 6.07) is 7.03. The summed E-state index contributed by atoms with van der Waals surface area (Å²) in [6.07, 6.45) is 6.21. The number of hydrogen-bond donors (Lipinski definition) is 2. The van der Waals surface area contributed by atoms with Gasteiger partial charge in [0.05, 0.1) is 6.42 Å². The first kappa shape index (κ1) is 13.3. The van der Waals surface area contributed by atoms with E-state index in [1.54, 1.807) is 0 Å². The van der Waals surface area contributed by atoms with Gasteiger partial charge in [-0.1, -0.05) is 31.9 Å². The molecular formula is C18H24N2O. The molecule has 2 N–H and O–H groups in total. The van der Waals surface area contributed by atoms with Crippen molar-refractivity contribution in [2.75, 3.05) is 11.9 Å². The van der Waals surface area contributed by atoms with E-state index in [4.69, 9.17) is 0 Å². The number of fused-ring (bicyclic) bond motifs is 2. The second-order valence-corrected chi connectivity index (χ2v) is 6.87. The van der Waals surface area contributed by atoms with Gasteiger partial charge in [0.2, 0.25) is 5.91 Å². The first-order chi connectivity index (χ1) is 10.3. The molecule has 21 heavy (non-hydrogen) atoms. The smallest absolute Gasteiger partial charge is 0.228 e. The van der Waals surface area contributed by atoms with Gasteiger partial charge in [-0.3, -0.25) is 4.79 Å². The second kappa shape index (κ2) is 5.13. The lowest BCUT2D eigenvalue weighted by atomic mass is 9.97. The van der Waals surface area contributed by atoms with Gasteiger partial charge in [0.1, 0.15) is 0 Å². The largest absolute Gasteiger partial charge is 0.326 e. The summed E-state index contributed by atoms with van der Waals surface area (Å²) in [6.45, 7) is 3.20. The molecular weight excluding hydrogens is 260 g/mol. The Morgan fingerprint density at radius 1 is 1.29 bits per heavy atom. The predicted molar refractivity (Wildman–Crippen MR) is 84.1 cm³/mol. The van der Waals surface area contributed by atoms with Crippen LogP contribution in [0.15, 0.2) is 18.2 Å². The number of hydrogen-bond acceptors (Lipinski definition) is 2. The summed E-state index contributed by atoms with van der Waals surface area (Å²) in [7, 11) is 0. The van der Waals surface area contributed by atoms with Crippen molar-refractivity contribution in [2.24, 2.45) is 17.8 Å². The van der Waals surface area contributed by atoms with Crippen LogP contribution in [0.2, 0.25) is 0 Å². The molecule has 0 saturated heterocycles. The molecule has 1 aromatic rings. The van der Waals surface area contributed by atoms with E-state index in [0.29, 0.717) is 12.5 Å². The van der Waals surface area contributed by atoms with Crippen molar-refractivity contribution in [2.45, 2.75) is 45.1 Å². The quantitative estimate of drug-likeness (QED) is 0.891. The summed E-state index contributed by atoms with van der Waals surface area (Å²) in [5, 5.41) is 6.65. The van der Waals surface area contributed by atoms with Crippen LogP contribution in [0.3, 0.4) is 0 Å². The highest BCUT2D eigenvalue weighted by atomic mass is 16.1. The number of nitrogens with one attached hydrogen (secondary N) is 2. The highest BCUT2D eigenvalue weighted by Gasteiger charge is 2.54. The van der Waals surface area contributed by atoms with Crippen LogP contribution in [0.4, 0.5) is 5.69 Å². The monoisotopic (exact) mass is 284 g/mol. The first-order valence-corrected chi connectivity index (χ1v) is 8.44. The lowest BCUT2D eigenvalue weighted by Gasteiger charge is -2.20. The summed E-state index contributed by atoms with van der Waals surface area (Å²) in [5.74, 6) is 2.82. The molecule has 1 aliphatic heterocycles. The minimum atomic E-state index is 0.127. The molecule has 2 saturated carbocycles. The first-order valence-electron chi connectivity index (χ1n) is 8.44. The van der Waals surface area contributed by atoms with E-state index in [0.717, 1.165) is 30.0 Å². The fraction of sp³-hybridized carbons (Fsp3) is 0.611. The number of benzene rings is 1. The maximum atomic E-state index is 11.5. The van der Waals surface area contributed by atoms with Gasteiger partial charge in [-0.25, -0.2) is 0 Å². The number of rotatable bonds is 4. The zero-order valence-electron chi connectivity index (χ0n) is 12.7. The molecule has 1 heterocycles. The van der Waals surface area contributed by atoms with Crippen LogP contribution in [0.25, 0.3) is 0 Å². The van der Waals surface area contributed by atoms with Gasteiger partial charge in [-0.15, -0.1) is 0 Å². The van der Waals surface area contributed by atoms with Crippen LogP contribution in [0.5, 0.6) is 0 Å². The average molecular weight is 284 g/mol. The third-order valence-corrected chi connectivity index (χ3v) is 5.65. The van der Waals surface area contributed by atoms with Crippen molar-refractivity contribution in [3.8, 4) is 0 Å². The highest BCUT2D eigenvalue weighted by Crippen LogP contribution is 2.60. The maximum Gasteiger partial charge on any atom is 0.228 e. The molecule has 0 spiro atoms. The second-order valence-electron chi connectivity index (χ2n) is 6.87. The molecule has 0 bridgehead atoms. The standard InChI is InChI=1S/C18H24N2O/c1-2-19-18(17-13-5-3-4-6-14(13)17)11-7-8-15-12(9-11)10-16(21)20-15/h7-9,13-14,17-19H,2-6,10H2,1H3,(H,20,21). The molecule has 3 unspecified atom stereocenters. The van der Waals surface area contributed by atoms with E-state index < -0.39 is 0 Å². The van der Waals surface area contributed by atoms with Crippen molar-refractivity contribution in [1.82, 2.24) is 5.32 Å². The third-order valence-electron chi connectivity index (χ3n) is 5.65. The zero-order valence-corrected chi connectivity index (χ0v) is 12.7. The molecule has 2 aliphatic carbocycles. The minimum absolute atomic E-state index is 0.127. The Morgan fingerprint density at radius 3 is 2.76 bits per heavy atom. The molecule has 1 amide bonds. The van der Waals surface area contributed by atoms with Crippen LogP contribution in [-0.2, 0) is 11.2 Å². The Morgan fingerprint density at radius 2 is 2.05 bits per heavy atom. The lowest BCUT2D eigenvalue weighted by Crippen LogP contribution is -2.24. The Hall–Kier alpha value is -1.35. The van der Waals surface area contributed by atoms with E-state index in [2.05, 4.69) is 35.8 Å². The maximum absolute atomic E-state index is 11.5. The molecule has 0 radical (unpaired) electrons. The summed E-state index contributed by atoms with van der Waals surface area (Å²) in [4.78, 5) is 11.5. The number of amides is 1. The number of anilines is 1. The third kappa shape index (κ3) is 2.28. The molecule has 3 aliphatic rings. The van der Waals surface area contributed by atoms with Crippen LogP contribution in [-0.4, -0.2) is 12.5 Å². The Balaban J connectivity index is 1.60. The van der Waals surface area contributed by atoms with Crippen LogP contribution in [0.1, 0.15) is 49.8 Å². The molecule has 3 nitrogen and oxygen atoms in total. The fourth-order valence-corrected chi connectivity index (χ4v) is 4.68. The van der Waals surface area contributed by atoms with Gasteiger partial charge in [0.25, 0.3) is 0 Å². The molecule has 3 heteroatoms. The highest BCUT2D eigenvalue weighted by molar-refractivity contribution is 5.99. The number of carbonyl (C=O) groups is 1. The van der Waals surface area contributed by atoms with E-state index in [-0.39, 0.29) is 5.91 Å². The van der Waals surface area contributed by atoms with Crippen molar-refractivity contribution in [1.29, 1.82) is 0 Å². The Labute approximate surface area is 126 Å². The molecule has 1 aromatic carbocycles. The van der Waals surface area contributed by atoms with Gasteiger partial charge >= 0.3 is 0 Å². The molecule has 0 aromatic heterocycles. The fourth-order valence-electron chi connectivity index (χ4n) is 4.68. The van der Waals surface area contributed by atoms with Gasteiger partial charge in [-0.2, -0.15) is 0 Å².